The number of hydrogen-bond donors (Lipinski definition) is 3. The van der Waals surface area contributed by atoms with Gasteiger partial charge in [-0.2, -0.15) is 0 Å². The molecule has 0 saturated carbocycles. The van der Waals surface area contributed by atoms with Crippen LogP contribution in [-0.2, 0) is 6.54 Å². The highest BCUT2D eigenvalue weighted by molar-refractivity contribution is 5.94. The van der Waals surface area contributed by atoms with Crippen LogP contribution in [0.1, 0.15) is 29.8 Å². The summed E-state index contributed by atoms with van der Waals surface area (Å²) in [7, 11) is 1.64. The van der Waals surface area contributed by atoms with Crippen molar-refractivity contribution < 1.29 is 14.3 Å². The molecule has 0 heterocycles. The number of rotatable bonds is 10. The van der Waals surface area contributed by atoms with Crippen molar-refractivity contribution in [2.24, 2.45) is 4.99 Å². The molecule has 0 radical (unpaired) electrons. The van der Waals surface area contributed by atoms with E-state index in [9.17, 15) is 4.79 Å². The lowest BCUT2D eigenvalue weighted by molar-refractivity contribution is 0.0956. The highest BCUT2D eigenvalue weighted by Gasteiger charge is 2.04. The zero-order valence-electron chi connectivity index (χ0n) is 17.3. The average molecular weight is 399 g/mol. The van der Waals surface area contributed by atoms with Crippen LogP contribution >= 0.6 is 0 Å². The van der Waals surface area contributed by atoms with Crippen molar-refractivity contribution in [3.63, 3.8) is 0 Å². The Morgan fingerprint density at radius 3 is 2.17 bits per heavy atom. The van der Waals surface area contributed by atoms with Crippen LogP contribution in [0.15, 0.2) is 53.5 Å². The standard InChI is InChI=1S/C22H30N4O3/c1-4-23-21(27)18-8-6-17(7-9-18)16-26-22(24-5-2)25-14-15-29-20-12-10-19(28-3)11-13-20/h6-13H,4-5,14-16H2,1-3H3,(H,23,27)(H2,24,25,26). The SMILES string of the molecule is CCNC(=O)c1ccc(CN=C(NCC)NCCOc2ccc(OC)cc2)cc1. The van der Waals surface area contributed by atoms with E-state index >= 15 is 0 Å². The number of methoxy groups -OCH3 is 1. The van der Waals surface area contributed by atoms with Crippen LogP contribution in [0.2, 0.25) is 0 Å². The Labute approximate surface area is 172 Å². The quantitative estimate of drug-likeness (QED) is 0.325. The molecule has 7 heteroatoms. The van der Waals surface area contributed by atoms with E-state index in [2.05, 4.69) is 20.9 Å². The van der Waals surface area contributed by atoms with Gasteiger partial charge in [-0.05, 0) is 55.8 Å². The second kappa shape index (κ2) is 12.3. The molecule has 0 unspecified atom stereocenters. The molecule has 2 rings (SSSR count). The third kappa shape index (κ3) is 7.73. The van der Waals surface area contributed by atoms with Gasteiger partial charge in [0.1, 0.15) is 18.1 Å². The van der Waals surface area contributed by atoms with Crippen molar-refractivity contribution in [1.82, 2.24) is 16.0 Å². The molecule has 0 aliphatic carbocycles. The van der Waals surface area contributed by atoms with Gasteiger partial charge in [-0.3, -0.25) is 4.79 Å². The molecule has 1 amide bonds. The number of amides is 1. The summed E-state index contributed by atoms with van der Waals surface area (Å²) in [5.41, 5.74) is 1.69. The minimum Gasteiger partial charge on any atom is -0.497 e. The van der Waals surface area contributed by atoms with E-state index in [-0.39, 0.29) is 5.91 Å². The molecule has 2 aromatic carbocycles. The predicted octanol–water partition coefficient (Wildman–Crippen LogP) is 2.58. The molecular formula is C22H30N4O3. The summed E-state index contributed by atoms with van der Waals surface area (Å²) in [6.07, 6.45) is 0. The second-order valence-corrected chi connectivity index (χ2v) is 6.20. The number of hydrogen-bond acceptors (Lipinski definition) is 4. The van der Waals surface area contributed by atoms with Gasteiger partial charge in [-0.25, -0.2) is 4.99 Å². The van der Waals surface area contributed by atoms with E-state index in [1.807, 2.05) is 62.4 Å². The van der Waals surface area contributed by atoms with Crippen molar-refractivity contribution in [2.75, 3.05) is 33.4 Å². The monoisotopic (exact) mass is 398 g/mol. The molecule has 0 aromatic heterocycles. The minimum absolute atomic E-state index is 0.0607. The smallest absolute Gasteiger partial charge is 0.251 e. The van der Waals surface area contributed by atoms with Gasteiger partial charge >= 0.3 is 0 Å². The first-order chi connectivity index (χ1) is 14.2. The van der Waals surface area contributed by atoms with E-state index in [0.29, 0.717) is 31.8 Å². The lowest BCUT2D eigenvalue weighted by atomic mass is 10.1. The van der Waals surface area contributed by atoms with E-state index < -0.39 is 0 Å². The summed E-state index contributed by atoms with van der Waals surface area (Å²) in [6.45, 7) is 6.95. The van der Waals surface area contributed by atoms with Crippen molar-refractivity contribution in [1.29, 1.82) is 0 Å². The Morgan fingerprint density at radius 1 is 0.897 bits per heavy atom. The van der Waals surface area contributed by atoms with Crippen LogP contribution < -0.4 is 25.4 Å². The fraction of sp³-hybridized carbons (Fsp3) is 0.364. The van der Waals surface area contributed by atoms with Gasteiger partial charge < -0.3 is 25.4 Å². The number of guanidine groups is 1. The lowest BCUT2D eigenvalue weighted by Gasteiger charge is -2.12. The lowest BCUT2D eigenvalue weighted by Crippen LogP contribution is -2.39. The molecule has 0 aliphatic heterocycles. The van der Waals surface area contributed by atoms with Crippen LogP contribution in [-0.4, -0.2) is 45.2 Å². The predicted molar refractivity (Wildman–Crippen MR) is 116 cm³/mol. The van der Waals surface area contributed by atoms with Crippen molar-refractivity contribution >= 4 is 11.9 Å². The Kier molecular flexibility index (Phi) is 9.35. The molecule has 3 N–H and O–H groups in total. The van der Waals surface area contributed by atoms with Gasteiger partial charge in [0.15, 0.2) is 5.96 Å². The number of nitrogens with zero attached hydrogens (tertiary/aromatic N) is 1. The minimum atomic E-state index is -0.0607. The van der Waals surface area contributed by atoms with E-state index in [1.54, 1.807) is 7.11 Å². The third-order valence-electron chi connectivity index (χ3n) is 4.04. The summed E-state index contributed by atoms with van der Waals surface area (Å²) in [4.78, 5) is 16.4. The van der Waals surface area contributed by atoms with Gasteiger partial charge in [0, 0.05) is 18.7 Å². The zero-order valence-corrected chi connectivity index (χ0v) is 17.3. The van der Waals surface area contributed by atoms with Crippen LogP contribution in [0, 0.1) is 0 Å². The van der Waals surface area contributed by atoms with Gasteiger partial charge in [-0.1, -0.05) is 12.1 Å². The molecule has 0 atom stereocenters. The summed E-state index contributed by atoms with van der Waals surface area (Å²) in [6, 6.07) is 15.0. The van der Waals surface area contributed by atoms with E-state index in [0.717, 1.165) is 29.6 Å². The number of ether oxygens (including phenoxy) is 2. The summed E-state index contributed by atoms with van der Waals surface area (Å²) >= 11 is 0. The normalized spacial score (nSPS) is 10.9. The first-order valence-electron chi connectivity index (χ1n) is 9.82. The second-order valence-electron chi connectivity index (χ2n) is 6.20. The van der Waals surface area contributed by atoms with Crippen LogP contribution in [0.5, 0.6) is 11.5 Å². The summed E-state index contributed by atoms with van der Waals surface area (Å²) in [5.74, 6) is 2.26. The number of carbonyl (C=O) groups is 1. The molecule has 0 saturated heterocycles. The van der Waals surface area contributed by atoms with Crippen LogP contribution in [0.3, 0.4) is 0 Å². The van der Waals surface area contributed by atoms with Crippen LogP contribution in [0.25, 0.3) is 0 Å². The Balaban J connectivity index is 1.81. The maximum absolute atomic E-state index is 11.8. The fourth-order valence-electron chi connectivity index (χ4n) is 2.55. The first-order valence-corrected chi connectivity index (χ1v) is 9.82. The molecule has 2 aromatic rings. The number of benzene rings is 2. The van der Waals surface area contributed by atoms with Gasteiger partial charge in [-0.15, -0.1) is 0 Å². The molecule has 0 aliphatic rings. The number of nitrogens with one attached hydrogen (secondary N) is 3. The summed E-state index contributed by atoms with van der Waals surface area (Å²) in [5, 5.41) is 9.26. The Morgan fingerprint density at radius 2 is 1.55 bits per heavy atom. The van der Waals surface area contributed by atoms with Crippen molar-refractivity contribution in [3.8, 4) is 11.5 Å². The van der Waals surface area contributed by atoms with Gasteiger partial charge in [0.25, 0.3) is 5.91 Å². The number of carbonyl (C=O) groups excluding carboxylic acids is 1. The number of aliphatic imine (C=N–C) groups is 1. The van der Waals surface area contributed by atoms with E-state index in [1.165, 1.54) is 0 Å². The largest absolute Gasteiger partial charge is 0.497 e. The van der Waals surface area contributed by atoms with Crippen LogP contribution in [0.4, 0.5) is 0 Å². The highest BCUT2D eigenvalue weighted by Crippen LogP contribution is 2.16. The first kappa shape index (κ1) is 22.1. The fourth-order valence-corrected chi connectivity index (χ4v) is 2.55. The zero-order chi connectivity index (χ0) is 20.9. The van der Waals surface area contributed by atoms with Gasteiger partial charge in [0.05, 0.1) is 20.2 Å². The molecule has 7 nitrogen and oxygen atoms in total. The maximum Gasteiger partial charge on any atom is 0.251 e. The van der Waals surface area contributed by atoms with Gasteiger partial charge in [0.2, 0.25) is 0 Å². The average Bonchev–Trinajstić information content (AvgIpc) is 2.76. The van der Waals surface area contributed by atoms with Crippen molar-refractivity contribution in [3.05, 3.63) is 59.7 Å². The molecule has 29 heavy (non-hydrogen) atoms. The molecular weight excluding hydrogens is 368 g/mol. The summed E-state index contributed by atoms with van der Waals surface area (Å²) < 4.78 is 10.8. The maximum atomic E-state index is 11.8. The third-order valence-corrected chi connectivity index (χ3v) is 4.04. The molecule has 0 spiro atoms. The Hall–Kier alpha value is -3.22. The van der Waals surface area contributed by atoms with E-state index in [4.69, 9.17) is 9.47 Å². The Bertz CT molecular complexity index is 774. The topological polar surface area (TPSA) is 84.0 Å². The highest BCUT2D eigenvalue weighted by atomic mass is 16.5. The van der Waals surface area contributed by atoms with Crippen molar-refractivity contribution in [2.45, 2.75) is 20.4 Å². The molecule has 156 valence electrons. The molecule has 0 bridgehead atoms. The molecule has 0 fully saturated rings.